The number of fused-ring (bicyclic) bond motifs is 2. The molecule has 4 fully saturated rings. The number of hydrogen-bond donors (Lipinski definition) is 1. The van der Waals surface area contributed by atoms with Gasteiger partial charge in [0.15, 0.2) is 6.29 Å². The molecule has 5 rings (SSSR count). The predicted molar refractivity (Wildman–Crippen MR) is 124 cm³/mol. The van der Waals surface area contributed by atoms with Crippen LogP contribution in [0.25, 0.3) is 6.08 Å². The van der Waals surface area contributed by atoms with Gasteiger partial charge < -0.3 is 9.47 Å². The summed E-state index contributed by atoms with van der Waals surface area (Å²) in [5.41, 5.74) is 1.08. The van der Waals surface area contributed by atoms with Crippen molar-refractivity contribution >= 4 is 27.7 Å². The number of ether oxygens (including phenoxy) is 2. The van der Waals surface area contributed by atoms with E-state index < -0.39 is 10.0 Å². The van der Waals surface area contributed by atoms with E-state index in [9.17, 15) is 8.42 Å². The molecule has 3 saturated carbocycles. The van der Waals surface area contributed by atoms with Crippen molar-refractivity contribution in [1.29, 1.82) is 0 Å². The van der Waals surface area contributed by atoms with Crippen molar-refractivity contribution in [1.82, 2.24) is 4.72 Å². The Hall–Kier alpha value is -0.920. The van der Waals surface area contributed by atoms with Crippen LogP contribution in [-0.4, -0.2) is 34.0 Å². The molecule has 1 saturated heterocycles. The number of rotatable bonds is 8. The minimum absolute atomic E-state index is 0.0486. The molecule has 172 valence electrons. The van der Waals surface area contributed by atoms with Gasteiger partial charge in [-0.25, -0.2) is 13.1 Å². The first-order valence-corrected chi connectivity index (χ1v) is 13.4. The topological polar surface area (TPSA) is 64.6 Å². The molecule has 5 nitrogen and oxygen atoms in total. The van der Waals surface area contributed by atoms with Gasteiger partial charge in [-0.3, -0.25) is 0 Å². The first kappa shape index (κ1) is 23.2. The molecule has 0 radical (unpaired) electrons. The third-order valence-corrected chi connectivity index (χ3v) is 9.01. The summed E-state index contributed by atoms with van der Waals surface area (Å²) >= 11 is 5.91. The van der Waals surface area contributed by atoms with Crippen molar-refractivity contribution in [2.24, 2.45) is 23.2 Å². The highest BCUT2D eigenvalue weighted by atomic mass is 35.5. The number of hydrogen-bond acceptors (Lipinski definition) is 4. The monoisotopic (exact) mass is 467 g/mol. The largest absolute Gasteiger partial charge is 0.353 e. The minimum Gasteiger partial charge on any atom is -0.353 e. The van der Waals surface area contributed by atoms with Gasteiger partial charge in [0.05, 0.1) is 6.61 Å². The van der Waals surface area contributed by atoms with E-state index in [0.717, 1.165) is 44.3 Å². The second-order valence-electron chi connectivity index (χ2n) is 9.84. The molecule has 0 amide bonds. The van der Waals surface area contributed by atoms with E-state index in [0.29, 0.717) is 23.5 Å². The lowest BCUT2D eigenvalue weighted by Gasteiger charge is -2.62. The molecule has 1 aromatic carbocycles. The first-order chi connectivity index (χ1) is 14.7. The standard InChI is InChI=1S/C24H34ClNO4S/c1-24(2)18-15-21(24)20(10-13-30-23-5-3-4-12-29-23)22(16-18)26-31(27,28)14-11-17-6-8-19(25)9-7-17/h6-9,11,14,18,20-23,26H,3-5,10,12-13,15-16H2,1-2H3/t18-,20+,21+,22+,23?/m1/s1. The highest BCUT2D eigenvalue weighted by molar-refractivity contribution is 7.92. The maximum absolute atomic E-state index is 12.8. The molecule has 3 aliphatic carbocycles. The Morgan fingerprint density at radius 1 is 1.23 bits per heavy atom. The number of nitrogens with one attached hydrogen (secondary N) is 1. The fraction of sp³-hybridized carbons (Fsp3) is 0.667. The lowest BCUT2D eigenvalue weighted by molar-refractivity contribution is -0.173. The van der Waals surface area contributed by atoms with Gasteiger partial charge in [-0.1, -0.05) is 37.6 Å². The van der Waals surface area contributed by atoms with Gasteiger partial charge in [-0.2, -0.15) is 0 Å². The maximum atomic E-state index is 12.8. The van der Waals surface area contributed by atoms with Gasteiger partial charge in [0.2, 0.25) is 10.0 Å². The average molecular weight is 468 g/mol. The summed E-state index contributed by atoms with van der Waals surface area (Å²) in [5, 5.41) is 1.90. The summed E-state index contributed by atoms with van der Waals surface area (Å²) in [6, 6.07) is 7.07. The van der Waals surface area contributed by atoms with E-state index >= 15 is 0 Å². The van der Waals surface area contributed by atoms with Crippen molar-refractivity contribution < 1.29 is 17.9 Å². The molecule has 1 aliphatic heterocycles. The van der Waals surface area contributed by atoms with E-state index in [2.05, 4.69) is 18.6 Å². The fourth-order valence-corrected chi connectivity index (χ4v) is 6.89. The van der Waals surface area contributed by atoms with Crippen LogP contribution in [0.15, 0.2) is 29.7 Å². The summed E-state index contributed by atoms with van der Waals surface area (Å²) in [4.78, 5) is 0. The van der Waals surface area contributed by atoms with Crippen LogP contribution < -0.4 is 4.72 Å². The minimum atomic E-state index is -3.54. The zero-order valence-corrected chi connectivity index (χ0v) is 20.0. The molecule has 5 atom stereocenters. The Bertz CT molecular complexity index is 877. The zero-order valence-electron chi connectivity index (χ0n) is 18.4. The van der Waals surface area contributed by atoms with Crippen LogP contribution in [0.4, 0.5) is 0 Å². The Morgan fingerprint density at radius 3 is 2.68 bits per heavy atom. The van der Waals surface area contributed by atoms with Crippen LogP contribution in [0.5, 0.6) is 0 Å². The molecule has 4 aliphatic rings. The molecule has 2 bridgehead atoms. The summed E-state index contributed by atoms with van der Waals surface area (Å²) in [6.45, 7) is 6.05. The summed E-state index contributed by atoms with van der Waals surface area (Å²) in [6.07, 6.45) is 7.66. The smallest absolute Gasteiger partial charge is 0.233 e. The molecule has 0 spiro atoms. The van der Waals surface area contributed by atoms with Crippen molar-refractivity contribution in [3.63, 3.8) is 0 Å². The van der Waals surface area contributed by atoms with E-state index in [1.807, 2.05) is 0 Å². The van der Waals surface area contributed by atoms with E-state index in [1.54, 1.807) is 30.3 Å². The van der Waals surface area contributed by atoms with Crippen LogP contribution in [-0.2, 0) is 19.5 Å². The SMILES string of the molecule is CC1(C)[C@H]2C[C@H](NS(=O)(=O)C=Cc3ccc(Cl)cc3)[C@@H](CCOC3CCCCO3)[C@@H]1C2. The molecule has 1 unspecified atom stereocenters. The Balaban J connectivity index is 1.39. The maximum Gasteiger partial charge on any atom is 0.233 e. The second-order valence-corrected chi connectivity index (χ2v) is 11.9. The van der Waals surface area contributed by atoms with Crippen molar-refractivity contribution in [2.75, 3.05) is 13.2 Å². The lowest BCUT2D eigenvalue weighted by atomic mass is 9.44. The van der Waals surface area contributed by atoms with Crippen LogP contribution in [0.2, 0.25) is 5.02 Å². The van der Waals surface area contributed by atoms with Gasteiger partial charge >= 0.3 is 0 Å². The Morgan fingerprint density at radius 2 is 2.00 bits per heavy atom. The van der Waals surface area contributed by atoms with Gasteiger partial charge in [0, 0.05) is 23.1 Å². The van der Waals surface area contributed by atoms with Gasteiger partial charge in [-0.05, 0) is 85.5 Å². The average Bonchev–Trinajstić information content (AvgIpc) is 2.74. The molecular formula is C24H34ClNO4S. The summed E-state index contributed by atoms with van der Waals surface area (Å²) in [7, 11) is -3.54. The van der Waals surface area contributed by atoms with Crippen molar-refractivity contribution in [3.8, 4) is 0 Å². The Labute approximate surface area is 191 Å². The highest BCUT2D eigenvalue weighted by Crippen LogP contribution is 2.62. The molecule has 31 heavy (non-hydrogen) atoms. The van der Waals surface area contributed by atoms with Crippen LogP contribution in [0.1, 0.15) is 57.9 Å². The molecule has 7 heteroatoms. The normalized spacial score (nSPS) is 32.7. The van der Waals surface area contributed by atoms with Crippen molar-refractivity contribution in [2.45, 2.75) is 64.7 Å². The third-order valence-electron chi connectivity index (χ3n) is 7.64. The quantitative estimate of drug-likeness (QED) is 0.569. The van der Waals surface area contributed by atoms with Crippen LogP contribution in [0.3, 0.4) is 0 Å². The number of sulfonamides is 1. The van der Waals surface area contributed by atoms with E-state index in [-0.39, 0.29) is 23.7 Å². The Kier molecular flexibility index (Phi) is 7.14. The van der Waals surface area contributed by atoms with E-state index in [1.165, 1.54) is 11.8 Å². The summed E-state index contributed by atoms with van der Waals surface area (Å²) in [5.74, 6) is 1.38. The number of benzene rings is 1. The lowest BCUT2D eigenvalue weighted by Crippen LogP contribution is -2.61. The number of halogens is 1. The van der Waals surface area contributed by atoms with Crippen molar-refractivity contribution in [3.05, 3.63) is 40.3 Å². The molecular weight excluding hydrogens is 434 g/mol. The zero-order chi connectivity index (χ0) is 22.1. The molecule has 0 aromatic heterocycles. The second kappa shape index (κ2) is 9.52. The molecule has 1 aromatic rings. The summed E-state index contributed by atoms with van der Waals surface area (Å²) < 4.78 is 40.3. The molecule has 1 N–H and O–H groups in total. The highest BCUT2D eigenvalue weighted by Gasteiger charge is 2.57. The van der Waals surface area contributed by atoms with Crippen LogP contribution in [0, 0.1) is 23.2 Å². The molecule has 1 heterocycles. The fourth-order valence-electron chi connectivity index (χ4n) is 5.65. The third kappa shape index (κ3) is 5.53. The van der Waals surface area contributed by atoms with Gasteiger partial charge in [-0.15, -0.1) is 0 Å². The van der Waals surface area contributed by atoms with Gasteiger partial charge in [0.25, 0.3) is 0 Å². The first-order valence-electron chi connectivity index (χ1n) is 11.4. The van der Waals surface area contributed by atoms with Crippen LogP contribution >= 0.6 is 11.6 Å². The predicted octanol–water partition coefficient (Wildman–Crippen LogP) is 5.21. The van der Waals surface area contributed by atoms with E-state index in [4.69, 9.17) is 21.1 Å². The van der Waals surface area contributed by atoms with Gasteiger partial charge in [0.1, 0.15) is 0 Å².